The van der Waals surface area contributed by atoms with Crippen LogP contribution in [0.3, 0.4) is 0 Å². The number of nitrogens with zero attached hydrogens (tertiary/aromatic N) is 3. The van der Waals surface area contributed by atoms with Gasteiger partial charge in [-0.2, -0.15) is 4.31 Å². The van der Waals surface area contributed by atoms with Gasteiger partial charge in [0.05, 0.1) is 6.26 Å². The highest BCUT2D eigenvalue weighted by atomic mass is 32.2. The number of nitrogens with one attached hydrogen (secondary N) is 1. The molecule has 6 nitrogen and oxygen atoms in total. The van der Waals surface area contributed by atoms with Crippen LogP contribution in [0.5, 0.6) is 0 Å². The molecule has 1 N–H and O–H groups in total. The van der Waals surface area contributed by atoms with Gasteiger partial charge in [0.2, 0.25) is 10.0 Å². The molecule has 1 aliphatic heterocycles. The van der Waals surface area contributed by atoms with Crippen LogP contribution in [-0.4, -0.2) is 57.2 Å². The fourth-order valence-corrected chi connectivity index (χ4v) is 3.12. The van der Waals surface area contributed by atoms with E-state index in [2.05, 4.69) is 28.2 Å². The van der Waals surface area contributed by atoms with Gasteiger partial charge in [-0.05, 0) is 31.7 Å². The predicted octanol–water partition coefficient (Wildman–Crippen LogP) is 0.444. The highest BCUT2D eigenvalue weighted by molar-refractivity contribution is 7.88. The van der Waals surface area contributed by atoms with Crippen molar-refractivity contribution in [3.8, 4) is 0 Å². The molecule has 0 spiro atoms. The summed E-state index contributed by atoms with van der Waals surface area (Å²) in [4.78, 5) is 6.53. The molecule has 7 heteroatoms. The summed E-state index contributed by atoms with van der Waals surface area (Å²) in [7, 11) is -1.15. The van der Waals surface area contributed by atoms with Gasteiger partial charge in [-0.15, -0.1) is 0 Å². The second-order valence-electron chi connectivity index (χ2n) is 5.11. The van der Waals surface area contributed by atoms with Crippen molar-refractivity contribution in [3.05, 3.63) is 23.9 Å². The Balaban J connectivity index is 2.07. The lowest BCUT2D eigenvalue weighted by Gasteiger charge is -2.34. The summed E-state index contributed by atoms with van der Waals surface area (Å²) in [5, 5.41) is 3.20. The van der Waals surface area contributed by atoms with Gasteiger partial charge in [0.1, 0.15) is 5.82 Å². The molecule has 0 amide bonds. The van der Waals surface area contributed by atoms with E-state index in [1.165, 1.54) is 16.1 Å². The Morgan fingerprint density at radius 3 is 2.50 bits per heavy atom. The molecule has 0 aromatic carbocycles. The van der Waals surface area contributed by atoms with Crippen molar-refractivity contribution in [2.45, 2.75) is 13.0 Å². The Bertz CT molecular complexity index is 553. The molecule has 0 saturated carbocycles. The molecule has 0 aliphatic carbocycles. The zero-order valence-corrected chi connectivity index (χ0v) is 13.0. The van der Waals surface area contributed by atoms with Crippen LogP contribution in [0.25, 0.3) is 0 Å². The van der Waals surface area contributed by atoms with E-state index in [0.29, 0.717) is 26.2 Å². The van der Waals surface area contributed by atoms with Crippen molar-refractivity contribution in [2.75, 3.05) is 44.4 Å². The SMILES string of the molecule is CNC(C)c1ccnc(N2CCN(S(C)(=O)=O)CC2)c1. The van der Waals surface area contributed by atoms with Gasteiger partial charge in [0, 0.05) is 38.4 Å². The minimum Gasteiger partial charge on any atom is -0.354 e. The van der Waals surface area contributed by atoms with E-state index < -0.39 is 10.0 Å². The molecule has 0 bridgehead atoms. The van der Waals surface area contributed by atoms with E-state index in [4.69, 9.17) is 0 Å². The lowest BCUT2D eigenvalue weighted by Crippen LogP contribution is -2.48. The van der Waals surface area contributed by atoms with Crippen molar-refractivity contribution in [1.29, 1.82) is 0 Å². The number of sulfonamides is 1. The third kappa shape index (κ3) is 3.47. The second-order valence-corrected chi connectivity index (χ2v) is 7.09. The van der Waals surface area contributed by atoms with Crippen molar-refractivity contribution in [2.24, 2.45) is 0 Å². The molecule has 1 aliphatic rings. The molecule has 1 aromatic rings. The van der Waals surface area contributed by atoms with Crippen molar-refractivity contribution in [1.82, 2.24) is 14.6 Å². The maximum Gasteiger partial charge on any atom is 0.211 e. The number of rotatable bonds is 4. The summed E-state index contributed by atoms with van der Waals surface area (Å²) in [6.07, 6.45) is 3.07. The largest absolute Gasteiger partial charge is 0.354 e. The Morgan fingerprint density at radius 1 is 1.30 bits per heavy atom. The third-order valence-corrected chi connectivity index (χ3v) is 5.04. The maximum atomic E-state index is 11.5. The molecule has 2 rings (SSSR count). The van der Waals surface area contributed by atoms with Crippen LogP contribution in [0, 0.1) is 0 Å². The van der Waals surface area contributed by atoms with Crippen LogP contribution < -0.4 is 10.2 Å². The molecule has 1 fully saturated rings. The summed E-state index contributed by atoms with van der Waals surface area (Å²) in [6.45, 7) is 4.49. The first-order valence-corrected chi connectivity index (χ1v) is 8.60. The Kier molecular flexibility index (Phi) is 4.62. The van der Waals surface area contributed by atoms with Crippen LogP contribution in [-0.2, 0) is 10.0 Å². The summed E-state index contributed by atoms with van der Waals surface area (Å²) in [5.74, 6) is 0.915. The zero-order valence-electron chi connectivity index (χ0n) is 12.2. The minimum atomic E-state index is -3.08. The van der Waals surface area contributed by atoms with Crippen molar-refractivity contribution < 1.29 is 8.42 Å². The van der Waals surface area contributed by atoms with Crippen LogP contribution in [0.2, 0.25) is 0 Å². The summed E-state index contributed by atoms with van der Waals surface area (Å²) in [5.41, 5.74) is 1.18. The topological polar surface area (TPSA) is 65.5 Å². The Labute approximate surface area is 120 Å². The molecule has 1 saturated heterocycles. The molecule has 2 heterocycles. The number of anilines is 1. The van der Waals surface area contributed by atoms with E-state index in [9.17, 15) is 8.42 Å². The van der Waals surface area contributed by atoms with Gasteiger partial charge in [-0.25, -0.2) is 13.4 Å². The van der Waals surface area contributed by atoms with Gasteiger partial charge < -0.3 is 10.2 Å². The smallest absolute Gasteiger partial charge is 0.211 e. The average Bonchev–Trinajstić information content (AvgIpc) is 2.46. The first kappa shape index (κ1) is 15.2. The number of hydrogen-bond acceptors (Lipinski definition) is 5. The molecule has 1 atom stereocenters. The van der Waals surface area contributed by atoms with E-state index in [-0.39, 0.29) is 6.04 Å². The molecule has 20 heavy (non-hydrogen) atoms. The average molecular weight is 298 g/mol. The lowest BCUT2D eigenvalue weighted by molar-refractivity contribution is 0.387. The van der Waals surface area contributed by atoms with Gasteiger partial charge in [0.25, 0.3) is 0 Å². The first-order valence-electron chi connectivity index (χ1n) is 6.75. The Morgan fingerprint density at radius 2 is 1.95 bits per heavy atom. The fraction of sp³-hybridized carbons (Fsp3) is 0.615. The predicted molar refractivity (Wildman–Crippen MR) is 80.3 cm³/mol. The molecular formula is C13H22N4O2S. The van der Waals surface area contributed by atoms with Gasteiger partial charge in [0.15, 0.2) is 0 Å². The summed E-state index contributed by atoms with van der Waals surface area (Å²) < 4.78 is 24.5. The number of aromatic nitrogens is 1. The van der Waals surface area contributed by atoms with E-state index in [1.807, 2.05) is 13.1 Å². The van der Waals surface area contributed by atoms with Crippen LogP contribution in [0.15, 0.2) is 18.3 Å². The molecule has 0 radical (unpaired) electrons. The quantitative estimate of drug-likeness (QED) is 0.874. The third-order valence-electron chi connectivity index (χ3n) is 3.73. The first-order chi connectivity index (χ1) is 9.41. The molecule has 1 aromatic heterocycles. The Hall–Kier alpha value is -1.18. The molecule has 1 unspecified atom stereocenters. The highest BCUT2D eigenvalue weighted by Crippen LogP contribution is 2.19. The fourth-order valence-electron chi connectivity index (χ4n) is 2.29. The molecular weight excluding hydrogens is 276 g/mol. The summed E-state index contributed by atoms with van der Waals surface area (Å²) >= 11 is 0. The van der Waals surface area contributed by atoms with Crippen molar-refractivity contribution in [3.63, 3.8) is 0 Å². The number of piperazine rings is 1. The summed E-state index contributed by atoms with van der Waals surface area (Å²) in [6, 6.07) is 4.34. The van der Waals surface area contributed by atoms with E-state index in [0.717, 1.165) is 5.82 Å². The number of hydrogen-bond donors (Lipinski definition) is 1. The monoisotopic (exact) mass is 298 g/mol. The normalized spacial score (nSPS) is 19.1. The van der Waals surface area contributed by atoms with Crippen LogP contribution in [0.1, 0.15) is 18.5 Å². The zero-order chi connectivity index (χ0) is 14.8. The van der Waals surface area contributed by atoms with E-state index in [1.54, 1.807) is 6.20 Å². The van der Waals surface area contributed by atoms with Crippen LogP contribution in [0.4, 0.5) is 5.82 Å². The lowest BCUT2D eigenvalue weighted by atomic mass is 10.1. The number of pyridine rings is 1. The van der Waals surface area contributed by atoms with Gasteiger partial charge in [-0.3, -0.25) is 0 Å². The highest BCUT2D eigenvalue weighted by Gasteiger charge is 2.24. The van der Waals surface area contributed by atoms with Gasteiger partial charge in [-0.1, -0.05) is 0 Å². The van der Waals surface area contributed by atoms with Crippen molar-refractivity contribution >= 4 is 15.8 Å². The maximum absolute atomic E-state index is 11.5. The standard InChI is InChI=1S/C13H22N4O2S/c1-11(14-2)12-4-5-15-13(10-12)16-6-8-17(9-7-16)20(3,18)19/h4-5,10-11,14H,6-9H2,1-3H3. The van der Waals surface area contributed by atoms with E-state index >= 15 is 0 Å². The minimum absolute atomic E-state index is 0.272. The van der Waals surface area contributed by atoms with Crippen LogP contribution >= 0.6 is 0 Å². The molecule has 112 valence electrons. The van der Waals surface area contributed by atoms with Gasteiger partial charge >= 0.3 is 0 Å². The second kappa shape index (κ2) is 6.07.